The Balaban J connectivity index is 1.86. The van der Waals surface area contributed by atoms with Crippen LogP contribution in [-0.4, -0.2) is 36.8 Å². The van der Waals surface area contributed by atoms with Crippen LogP contribution in [0.3, 0.4) is 0 Å². The molecule has 4 heteroatoms. The molecule has 0 aliphatic rings. The van der Waals surface area contributed by atoms with E-state index in [0.29, 0.717) is 0 Å². The molecule has 0 saturated carbocycles. The van der Waals surface area contributed by atoms with Crippen LogP contribution in [0.5, 0.6) is 0 Å². The van der Waals surface area contributed by atoms with Gasteiger partial charge in [0.15, 0.2) is 0 Å². The van der Waals surface area contributed by atoms with Gasteiger partial charge in [-0.1, -0.05) is 0 Å². The molecule has 3 aromatic rings. The Kier molecular flexibility index (Phi) is 5.61. The van der Waals surface area contributed by atoms with Crippen molar-refractivity contribution in [2.75, 3.05) is 0 Å². The number of hydrogen-bond acceptors (Lipinski definition) is 2. The van der Waals surface area contributed by atoms with Gasteiger partial charge in [-0.2, -0.15) is 0 Å². The third kappa shape index (κ3) is 4.30. The van der Waals surface area contributed by atoms with Crippen molar-refractivity contribution in [1.29, 1.82) is 0 Å². The molecule has 0 fully saturated rings. The van der Waals surface area contributed by atoms with Crippen molar-refractivity contribution in [3.05, 3.63) is 48.5 Å². The molecule has 0 aliphatic carbocycles. The van der Waals surface area contributed by atoms with Crippen molar-refractivity contribution in [1.82, 2.24) is 0 Å². The van der Waals surface area contributed by atoms with Crippen LogP contribution in [0, 0.1) is 0 Å². The summed E-state index contributed by atoms with van der Waals surface area (Å²) in [5, 5.41) is 0. The molecular weight excluding hydrogens is 542 g/mol. The fraction of sp³-hybridized carbons (Fsp3) is 0.300. The number of rotatable bonds is 4. The molecule has 0 radical (unpaired) electrons. The zero-order valence-electron chi connectivity index (χ0n) is 15.4. The van der Waals surface area contributed by atoms with Crippen LogP contribution in [0.15, 0.2) is 48.5 Å². The minimum absolute atomic E-state index is 1.36. The van der Waals surface area contributed by atoms with E-state index in [1.54, 1.807) is 5.79 Å². The molecule has 0 atom stereocenters. The molecule has 0 spiro atoms. The average Bonchev–Trinajstić information content (AvgIpc) is 3.16. The molecule has 0 aliphatic heterocycles. The molecule has 1 aromatic carbocycles. The Hall–Kier alpha value is 0.217. The van der Waals surface area contributed by atoms with E-state index in [0.717, 1.165) is 0 Å². The van der Waals surface area contributed by atoms with Gasteiger partial charge in [0.05, 0.1) is 0 Å². The SMILES string of the molecule is [CH3][Sn]([CH3])([CH3])[c]1ccc(-c2ccc(-c3cc[c]([Sn]([CH3])([CH3])[CH3])s3)cc2)s1. The predicted molar refractivity (Wildman–Crippen MR) is 119 cm³/mol. The maximum absolute atomic E-state index is 2.49. The number of benzene rings is 1. The summed E-state index contributed by atoms with van der Waals surface area (Å²) >= 11 is 0.153. The fourth-order valence-corrected chi connectivity index (χ4v) is 15.2. The van der Waals surface area contributed by atoms with Crippen molar-refractivity contribution in [2.24, 2.45) is 0 Å². The third-order valence-electron chi connectivity index (χ3n) is 4.14. The summed E-state index contributed by atoms with van der Waals surface area (Å²) in [6, 6.07) is 18.5. The molecule has 2 aromatic heterocycles. The van der Waals surface area contributed by atoms with E-state index in [1.165, 1.54) is 20.9 Å². The zero-order chi connectivity index (χ0) is 17.5. The van der Waals surface area contributed by atoms with Gasteiger partial charge in [0, 0.05) is 0 Å². The normalized spacial score (nSPS) is 12.6. The molecule has 0 N–H and O–H groups in total. The van der Waals surface area contributed by atoms with E-state index in [4.69, 9.17) is 0 Å². The van der Waals surface area contributed by atoms with Gasteiger partial charge in [0.25, 0.3) is 0 Å². The predicted octanol–water partition coefficient (Wildman–Crippen LogP) is 6.23. The maximum atomic E-state index is 2.49. The first-order valence-corrected chi connectivity index (χ1v) is 30.1. The summed E-state index contributed by atoms with van der Waals surface area (Å²) in [6.07, 6.45) is 0. The number of hydrogen-bond donors (Lipinski definition) is 0. The topological polar surface area (TPSA) is 0 Å². The van der Waals surface area contributed by atoms with Crippen molar-refractivity contribution in [2.45, 2.75) is 29.6 Å². The molecule has 0 unspecified atom stereocenters. The first-order chi connectivity index (χ1) is 11.1. The standard InChI is InChI=1S/C14H8S2.6CH3.2Sn/c1-3-13(15-9-1)11-5-7-12(8-6-11)14-4-2-10-16-14;;;;;;;;/h1-8H;6*1H3;;. The molecule has 126 valence electrons. The van der Waals surface area contributed by atoms with Gasteiger partial charge in [0.2, 0.25) is 0 Å². The summed E-state index contributed by atoms with van der Waals surface area (Å²) in [4.78, 5) is 17.8. The van der Waals surface area contributed by atoms with Gasteiger partial charge in [-0.3, -0.25) is 0 Å². The molecule has 0 nitrogen and oxygen atoms in total. The summed E-state index contributed by atoms with van der Waals surface area (Å²) < 4.78 is 3.31. The van der Waals surface area contributed by atoms with Crippen LogP contribution in [0.2, 0.25) is 29.6 Å². The quantitative estimate of drug-likeness (QED) is 0.328. The van der Waals surface area contributed by atoms with E-state index in [1.807, 2.05) is 22.7 Å². The van der Waals surface area contributed by atoms with Gasteiger partial charge in [-0.05, 0) is 0 Å². The van der Waals surface area contributed by atoms with Crippen LogP contribution in [-0.2, 0) is 0 Å². The van der Waals surface area contributed by atoms with E-state index in [-0.39, 0.29) is 0 Å². The second-order valence-corrected chi connectivity index (χ2v) is 41.4. The van der Waals surface area contributed by atoms with Gasteiger partial charge in [-0.25, -0.2) is 0 Å². The van der Waals surface area contributed by atoms with E-state index >= 15 is 0 Å². The van der Waals surface area contributed by atoms with Gasteiger partial charge < -0.3 is 0 Å². The zero-order valence-corrected chi connectivity index (χ0v) is 22.8. The van der Waals surface area contributed by atoms with Crippen LogP contribution < -0.4 is 5.79 Å². The Labute approximate surface area is 162 Å². The molecule has 0 bridgehead atoms. The van der Waals surface area contributed by atoms with E-state index in [2.05, 4.69) is 78.2 Å². The van der Waals surface area contributed by atoms with Crippen LogP contribution in [0.4, 0.5) is 0 Å². The Morgan fingerprint density at radius 1 is 0.500 bits per heavy atom. The van der Waals surface area contributed by atoms with E-state index in [9.17, 15) is 0 Å². The van der Waals surface area contributed by atoms with Crippen molar-refractivity contribution in [3.63, 3.8) is 0 Å². The average molecular weight is 568 g/mol. The third-order valence-corrected chi connectivity index (χ3v) is 25.4. The monoisotopic (exact) mass is 570 g/mol. The first-order valence-electron chi connectivity index (χ1n) is 8.46. The van der Waals surface area contributed by atoms with Crippen LogP contribution in [0.25, 0.3) is 20.9 Å². The minimum atomic E-state index is -1.93. The molecule has 0 amide bonds. The Morgan fingerprint density at radius 3 is 1.08 bits per heavy atom. The molecule has 24 heavy (non-hydrogen) atoms. The second-order valence-electron chi connectivity index (χ2n) is 8.41. The molecule has 0 saturated heterocycles. The summed E-state index contributed by atoms with van der Waals surface area (Å²) in [5.74, 6) is 0. The van der Waals surface area contributed by atoms with Gasteiger partial charge in [0.1, 0.15) is 0 Å². The number of thiophene rings is 2. The van der Waals surface area contributed by atoms with Crippen LogP contribution in [0.1, 0.15) is 0 Å². The summed E-state index contributed by atoms with van der Waals surface area (Å²) in [7, 11) is 0. The fourth-order valence-electron chi connectivity index (χ4n) is 2.59. The summed E-state index contributed by atoms with van der Waals surface area (Å²) in [6.45, 7) is 0. The van der Waals surface area contributed by atoms with Crippen molar-refractivity contribution >= 4 is 65.2 Å². The van der Waals surface area contributed by atoms with Crippen molar-refractivity contribution in [3.8, 4) is 20.9 Å². The van der Waals surface area contributed by atoms with Gasteiger partial charge >= 0.3 is 164 Å². The van der Waals surface area contributed by atoms with Gasteiger partial charge in [-0.15, -0.1) is 0 Å². The molecule has 3 rings (SSSR count). The first kappa shape index (κ1) is 19.0. The Morgan fingerprint density at radius 2 is 0.833 bits per heavy atom. The molecule has 2 heterocycles. The van der Waals surface area contributed by atoms with E-state index < -0.39 is 36.8 Å². The molecular formula is C20H26S2Sn2. The second kappa shape index (κ2) is 7.09. The van der Waals surface area contributed by atoms with Crippen molar-refractivity contribution < 1.29 is 0 Å². The van der Waals surface area contributed by atoms with Crippen LogP contribution >= 0.6 is 22.7 Å². The summed E-state index contributed by atoms with van der Waals surface area (Å²) in [5.41, 5.74) is 2.72. The Bertz CT molecular complexity index is 756.